The predicted molar refractivity (Wildman–Crippen MR) is 86.0 cm³/mol. The number of rotatable bonds is 4. The van der Waals surface area contributed by atoms with Crippen LogP contribution in [0.25, 0.3) is 0 Å². The highest BCUT2D eigenvalue weighted by atomic mass is 32.2. The molecule has 24 heavy (non-hydrogen) atoms. The summed E-state index contributed by atoms with van der Waals surface area (Å²) < 4.78 is 31.7. The number of carbonyl (C=O) groups is 2. The fraction of sp³-hybridized carbons (Fsp3) is 0.500. The second kappa shape index (κ2) is 5.86. The Kier molecular flexibility index (Phi) is 4.13. The molecule has 8 heteroatoms. The Labute approximate surface area is 141 Å². The number of amides is 2. The zero-order valence-corrected chi connectivity index (χ0v) is 14.7. The van der Waals surface area contributed by atoms with E-state index in [0.29, 0.717) is 18.0 Å². The molecular formula is C16H20N2O5S. The first-order chi connectivity index (χ1) is 11.2. The summed E-state index contributed by atoms with van der Waals surface area (Å²) in [6, 6.07) is 3.71. The summed E-state index contributed by atoms with van der Waals surface area (Å²) in [4.78, 5) is 24.4. The van der Waals surface area contributed by atoms with Crippen molar-refractivity contribution in [3.05, 3.63) is 28.8 Å². The van der Waals surface area contributed by atoms with E-state index in [-0.39, 0.29) is 25.0 Å². The average molecular weight is 352 g/mol. The molecule has 0 atom stereocenters. The van der Waals surface area contributed by atoms with Crippen molar-refractivity contribution >= 4 is 22.0 Å². The molecule has 2 amide bonds. The van der Waals surface area contributed by atoms with E-state index in [4.69, 9.17) is 0 Å². The Morgan fingerprint density at radius 1 is 1.12 bits per heavy atom. The van der Waals surface area contributed by atoms with E-state index in [1.54, 1.807) is 13.8 Å². The first kappa shape index (κ1) is 16.9. The monoisotopic (exact) mass is 352 g/mol. The quantitative estimate of drug-likeness (QED) is 0.813. The third-order valence-electron chi connectivity index (χ3n) is 4.41. The summed E-state index contributed by atoms with van der Waals surface area (Å²) in [5, 5.41) is 0. The lowest BCUT2D eigenvalue weighted by Crippen LogP contribution is -2.54. The molecule has 0 unspecified atom stereocenters. The number of ether oxygens (including phenoxy) is 1. The molecule has 2 aliphatic rings. The molecular weight excluding hydrogens is 332 g/mol. The maximum atomic E-state index is 12.8. The van der Waals surface area contributed by atoms with Crippen LogP contribution in [0.3, 0.4) is 0 Å². The van der Waals surface area contributed by atoms with Crippen LogP contribution in [0.5, 0.6) is 0 Å². The van der Waals surface area contributed by atoms with Crippen molar-refractivity contribution in [3.8, 4) is 0 Å². The third-order valence-corrected chi connectivity index (χ3v) is 6.55. The van der Waals surface area contributed by atoms with Gasteiger partial charge in [-0.15, -0.1) is 0 Å². The largest absolute Gasteiger partial charge is 0.439 e. The fourth-order valence-electron chi connectivity index (χ4n) is 3.35. The van der Waals surface area contributed by atoms with Gasteiger partial charge in [-0.05, 0) is 31.9 Å². The summed E-state index contributed by atoms with van der Waals surface area (Å²) in [5.41, 5.74) is 2.49. The Hall–Kier alpha value is -1.93. The van der Waals surface area contributed by atoms with Crippen molar-refractivity contribution in [2.75, 3.05) is 26.2 Å². The lowest BCUT2D eigenvalue weighted by molar-refractivity contribution is -0.126. The van der Waals surface area contributed by atoms with Crippen molar-refractivity contribution in [3.63, 3.8) is 0 Å². The van der Waals surface area contributed by atoms with E-state index >= 15 is 0 Å². The molecule has 2 saturated heterocycles. The molecule has 0 aromatic heterocycles. The van der Waals surface area contributed by atoms with Crippen LogP contribution in [0, 0.1) is 26.7 Å². The van der Waals surface area contributed by atoms with E-state index in [1.165, 1.54) is 4.31 Å². The number of cyclic esters (lactones) is 1. The fourth-order valence-corrected chi connectivity index (χ4v) is 5.36. The Morgan fingerprint density at radius 3 is 2.21 bits per heavy atom. The molecule has 0 radical (unpaired) electrons. The lowest BCUT2D eigenvalue weighted by atomic mass is 10.0. The Bertz CT molecular complexity index is 773. The van der Waals surface area contributed by atoms with Crippen LogP contribution in [0.1, 0.15) is 16.7 Å². The van der Waals surface area contributed by atoms with Crippen LogP contribution < -0.4 is 0 Å². The minimum absolute atomic E-state index is 0.0552. The molecule has 3 rings (SSSR count). The molecule has 2 aliphatic heterocycles. The Morgan fingerprint density at radius 2 is 1.71 bits per heavy atom. The van der Waals surface area contributed by atoms with Crippen molar-refractivity contribution in [2.45, 2.75) is 25.7 Å². The summed E-state index contributed by atoms with van der Waals surface area (Å²) >= 11 is 0. The zero-order valence-electron chi connectivity index (χ0n) is 13.9. The Balaban J connectivity index is 1.71. The highest BCUT2D eigenvalue weighted by molar-refractivity contribution is 7.89. The van der Waals surface area contributed by atoms with Gasteiger partial charge in [-0.25, -0.2) is 18.1 Å². The molecule has 0 saturated carbocycles. The second-order valence-electron chi connectivity index (χ2n) is 6.47. The smallest absolute Gasteiger partial charge is 0.417 e. The van der Waals surface area contributed by atoms with Crippen LogP contribution in [0.4, 0.5) is 4.79 Å². The highest BCUT2D eigenvalue weighted by Crippen LogP contribution is 2.30. The summed E-state index contributed by atoms with van der Waals surface area (Å²) in [6.45, 7) is 6.09. The molecule has 0 spiro atoms. The second-order valence-corrected chi connectivity index (χ2v) is 8.35. The van der Waals surface area contributed by atoms with E-state index in [9.17, 15) is 18.0 Å². The average Bonchev–Trinajstić information content (AvgIpc) is 2.71. The van der Waals surface area contributed by atoms with E-state index in [0.717, 1.165) is 21.6 Å². The SMILES string of the molecule is Cc1cc(C)c(S(=O)(=O)N2CC(CN3C(=O)COC3=O)C2)c(C)c1. The summed E-state index contributed by atoms with van der Waals surface area (Å²) in [5.74, 6) is -0.424. The molecule has 0 bridgehead atoms. The van der Waals surface area contributed by atoms with Gasteiger partial charge in [0.05, 0.1) is 4.90 Å². The van der Waals surface area contributed by atoms with Gasteiger partial charge in [-0.3, -0.25) is 4.79 Å². The molecule has 2 fully saturated rings. The number of nitrogens with zero attached hydrogens (tertiary/aromatic N) is 2. The van der Waals surface area contributed by atoms with Crippen LogP contribution >= 0.6 is 0 Å². The van der Waals surface area contributed by atoms with Gasteiger partial charge in [-0.1, -0.05) is 17.7 Å². The van der Waals surface area contributed by atoms with Crippen molar-refractivity contribution < 1.29 is 22.7 Å². The third kappa shape index (κ3) is 2.80. The summed E-state index contributed by atoms with van der Waals surface area (Å²) in [7, 11) is -3.56. The van der Waals surface area contributed by atoms with E-state index < -0.39 is 16.1 Å². The molecule has 130 valence electrons. The van der Waals surface area contributed by atoms with Gasteiger partial charge in [0.25, 0.3) is 5.91 Å². The topological polar surface area (TPSA) is 84.0 Å². The molecule has 0 aliphatic carbocycles. The number of sulfonamides is 1. The molecule has 7 nitrogen and oxygen atoms in total. The first-order valence-corrected chi connectivity index (χ1v) is 9.19. The number of carbonyl (C=O) groups excluding carboxylic acids is 2. The van der Waals surface area contributed by atoms with Gasteiger partial charge in [-0.2, -0.15) is 4.31 Å². The van der Waals surface area contributed by atoms with Crippen molar-refractivity contribution in [1.29, 1.82) is 0 Å². The van der Waals surface area contributed by atoms with Gasteiger partial charge >= 0.3 is 6.09 Å². The minimum Gasteiger partial charge on any atom is -0.439 e. The number of imide groups is 1. The van der Waals surface area contributed by atoms with Crippen molar-refractivity contribution in [1.82, 2.24) is 9.21 Å². The first-order valence-electron chi connectivity index (χ1n) is 7.75. The van der Waals surface area contributed by atoms with Gasteiger partial charge in [0.1, 0.15) is 0 Å². The maximum absolute atomic E-state index is 12.8. The molecule has 1 aromatic carbocycles. The van der Waals surface area contributed by atoms with Crippen LogP contribution in [-0.2, 0) is 19.6 Å². The predicted octanol–water partition coefficient (Wildman–Crippen LogP) is 1.21. The zero-order chi connectivity index (χ0) is 17.6. The lowest BCUT2D eigenvalue weighted by Gasteiger charge is -2.39. The van der Waals surface area contributed by atoms with Gasteiger partial charge in [0.2, 0.25) is 10.0 Å². The molecule has 0 N–H and O–H groups in total. The maximum Gasteiger partial charge on any atom is 0.417 e. The van der Waals surface area contributed by atoms with E-state index in [2.05, 4.69) is 4.74 Å². The molecule has 2 heterocycles. The number of hydrogen-bond donors (Lipinski definition) is 0. The molecule has 1 aromatic rings. The number of aryl methyl sites for hydroxylation is 3. The normalized spacial score (nSPS) is 19.5. The van der Waals surface area contributed by atoms with E-state index in [1.807, 2.05) is 19.1 Å². The van der Waals surface area contributed by atoms with Crippen LogP contribution in [0.15, 0.2) is 17.0 Å². The highest BCUT2D eigenvalue weighted by Gasteiger charge is 2.41. The number of hydrogen-bond acceptors (Lipinski definition) is 5. The number of benzene rings is 1. The van der Waals surface area contributed by atoms with Crippen LogP contribution in [0.2, 0.25) is 0 Å². The van der Waals surface area contributed by atoms with Crippen molar-refractivity contribution in [2.24, 2.45) is 5.92 Å². The van der Waals surface area contributed by atoms with Crippen LogP contribution in [-0.4, -0.2) is 55.9 Å². The van der Waals surface area contributed by atoms with Gasteiger partial charge in [0.15, 0.2) is 6.61 Å². The van der Waals surface area contributed by atoms with Gasteiger partial charge < -0.3 is 4.74 Å². The summed E-state index contributed by atoms with van der Waals surface area (Å²) in [6.07, 6.45) is -0.647. The minimum atomic E-state index is -3.56. The van der Waals surface area contributed by atoms with Gasteiger partial charge in [0, 0.05) is 25.6 Å². The standard InChI is InChI=1S/C16H20N2O5S/c1-10-4-11(2)15(12(3)5-10)24(21,22)17-6-13(7-17)8-18-14(19)9-23-16(18)20/h4-5,13H,6-9H2,1-3H3.